The molecular formula is C21H26N2O3S. The molecule has 2 N–H and O–H groups in total. The zero-order valence-corrected chi connectivity index (χ0v) is 16.4. The number of sulfonamides is 1. The van der Waals surface area contributed by atoms with Crippen molar-refractivity contribution in [2.75, 3.05) is 6.54 Å². The second-order valence-corrected chi connectivity index (χ2v) is 8.72. The van der Waals surface area contributed by atoms with Crippen LogP contribution in [0.25, 0.3) is 10.8 Å². The van der Waals surface area contributed by atoms with Crippen LogP contribution in [0, 0.1) is 0 Å². The number of carbonyl (C=O) groups excluding carboxylic acids is 1. The minimum absolute atomic E-state index is 0.160. The Hall–Kier alpha value is -2.18. The number of hydrogen-bond donors (Lipinski definition) is 2. The summed E-state index contributed by atoms with van der Waals surface area (Å²) >= 11 is 0. The summed E-state index contributed by atoms with van der Waals surface area (Å²) in [5.74, 6) is -0.309. The van der Waals surface area contributed by atoms with Gasteiger partial charge in [-0.15, -0.1) is 0 Å². The second kappa shape index (κ2) is 8.67. The molecule has 0 heterocycles. The van der Waals surface area contributed by atoms with Crippen LogP contribution in [0.3, 0.4) is 0 Å². The Kier molecular flexibility index (Phi) is 6.29. The maximum atomic E-state index is 12.6. The number of carbonyl (C=O) groups is 1. The fraction of sp³-hybridized carbons (Fsp3) is 0.381. The highest BCUT2D eigenvalue weighted by atomic mass is 32.2. The fourth-order valence-corrected chi connectivity index (χ4v) is 4.56. The van der Waals surface area contributed by atoms with Crippen LogP contribution < -0.4 is 10.0 Å². The molecule has 0 fully saturated rings. The summed E-state index contributed by atoms with van der Waals surface area (Å²) in [6.45, 7) is 2.10. The summed E-state index contributed by atoms with van der Waals surface area (Å²) in [5, 5.41) is 4.64. The Labute approximate surface area is 160 Å². The molecule has 0 aromatic heterocycles. The van der Waals surface area contributed by atoms with Gasteiger partial charge in [0.15, 0.2) is 0 Å². The van der Waals surface area contributed by atoms with Crippen molar-refractivity contribution in [3.63, 3.8) is 0 Å². The molecule has 2 aromatic rings. The van der Waals surface area contributed by atoms with Gasteiger partial charge in [0.05, 0.1) is 10.9 Å². The van der Waals surface area contributed by atoms with Gasteiger partial charge in [0.25, 0.3) is 0 Å². The molecule has 1 aliphatic carbocycles. The monoisotopic (exact) mass is 386 g/mol. The van der Waals surface area contributed by atoms with Gasteiger partial charge in [0.2, 0.25) is 15.9 Å². The number of hydrogen-bond acceptors (Lipinski definition) is 3. The SMILES string of the molecule is C[C@H](NS(=O)(=O)c1ccc2ccccc2c1)C(=O)NCCC1=CCCCC1. The third-order valence-electron chi connectivity index (χ3n) is 4.89. The van der Waals surface area contributed by atoms with Gasteiger partial charge in [0, 0.05) is 6.54 Å². The highest BCUT2D eigenvalue weighted by Crippen LogP contribution is 2.20. The normalized spacial score (nSPS) is 16.0. The quantitative estimate of drug-likeness (QED) is 0.715. The van der Waals surface area contributed by atoms with Crippen LogP contribution in [0.1, 0.15) is 39.0 Å². The van der Waals surface area contributed by atoms with E-state index in [4.69, 9.17) is 0 Å². The van der Waals surface area contributed by atoms with E-state index >= 15 is 0 Å². The zero-order chi connectivity index (χ0) is 19.3. The molecule has 1 atom stereocenters. The molecule has 0 bridgehead atoms. The van der Waals surface area contributed by atoms with E-state index in [-0.39, 0.29) is 10.8 Å². The molecule has 0 unspecified atom stereocenters. The van der Waals surface area contributed by atoms with E-state index in [0.717, 1.165) is 30.0 Å². The van der Waals surface area contributed by atoms with Crippen molar-refractivity contribution in [1.82, 2.24) is 10.0 Å². The van der Waals surface area contributed by atoms with Crippen LogP contribution in [0.4, 0.5) is 0 Å². The molecular weight excluding hydrogens is 360 g/mol. The predicted octanol–water partition coefficient (Wildman–Crippen LogP) is 3.51. The van der Waals surface area contributed by atoms with Crippen molar-refractivity contribution in [1.29, 1.82) is 0 Å². The van der Waals surface area contributed by atoms with Gasteiger partial charge in [-0.05, 0) is 61.9 Å². The third-order valence-corrected chi connectivity index (χ3v) is 6.43. The highest BCUT2D eigenvalue weighted by Gasteiger charge is 2.22. The molecule has 144 valence electrons. The Morgan fingerprint density at radius 3 is 2.63 bits per heavy atom. The molecule has 0 aliphatic heterocycles. The van der Waals surface area contributed by atoms with Crippen LogP contribution in [0.15, 0.2) is 59.0 Å². The van der Waals surface area contributed by atoms with Gasteiger partial charge < -0.3 is 5.32 Å². The summed E-state index contributed by atoms with van der Waals surface area (Å²) in [6, 6.07) is 11.7. The zero-order valence-electron chi connectivity index (χ0n) is 15.6. The van der Waals surface area contributed by atoms with Crippen molar-refractivity contribution in [2.24, 2.45) is 0 Å². The van der Waals surface area contributed by atoms with Gasteiger partial charge in [-0.2, -0.15) is 4.72 Å². The molecule has 0 saturated carbocycles. The molecule has 1 amide bonds. The maximum Gasteiger partial charge on any atom is 0.241 e. The third kappa shape index (κ3) is 5.17. The number of benzene rings is 2. The minimum Gasteiger partial charge on any atom is -0.354 e. The summed E-state index contributed by atoms with van der Waals surface area (Å²) in [5.41, 5.74) is 1.38. The Morgan fingerprint density at radius 1 is 1.11 bits per heavy atom. The molecule has 27 heavy (non-hydrogen) atoms. The van der Waals surface area contributed by atoms with E-state index in [9.17, 15) is 13.2 Å². The van der Waals surface area contributed by atoms with Crippen molar-refractivity contribution in [3.05, 3.63) is 54.1 Å². The summed E-state index contributed by atoms with van der Waals surface area (Å²) < 4.78 is 27.7. The second-order valence-electron chi connectivity index (χ2n) is 7.00. The van der Waals surface area contributed by atoms with Gasteiger partial charge in [-0.1, -0.05) is 42.0 Å². The lowest BCUT2D eigenvalue weighted by molar-refractivity contribution is -0.122. The average molecular weight is 387 g/mol. The molecule has 0 spiro atoms. The smallest absolute Gasteiger partial charge is 0.241 e. The van der Waals surface area contributed by atoms with E-state index < -0.39 is 16.1 Å². The highest BCUT2D eigenvalue weighted by molar-refractivity contribution is 7.89. The van der Waals surface area contributed by atoms with Gasteiger partial charge in [0.1, 0.15) is 0 Å². The summed E-state index contributed by atoms with van der Waals surface area (Å²) in [7, 11) is -3.76. The first-order valence-corrected chi connectivity index (χ1v) is 10.9. The van der Waals surface area contributed by atoms with E-state index in [1.165, 1.54) is 18.4 Å². The Bertz CT molecular complexity index is 951. The average Bonchev–Trinajstić information content (AvgIpc) is 2.68. The molecule has 0 radical (unpaired) electrons. The molecule has 6 heteroatoms. The topological polar surface area (TPSA) is 75.3 Å². The lowest BCUT2D eigenvalue weighted by Crippen LogP contribution is -2.45. The summed E-state index contributed by atoms with van der Waals surface area (Å²) in [6.07, 6.45) is 7.74. The van der Waals surface area contributed by atoms with Crippen LogP contribution in [0.5, 0.6) is 0 Å². The summed E-state index contributed by atoms with van der Waals surface area (Å²) in [4.78, 5) is 12.4. The Morgan fingerprint density at radius 2 is 1.89 bits per heavy atom. The largest absolute Gasteiger partial charge is 0.354 e. The predicted molar refractivity (Wildman–Crippen MR) is 108 cm³/mol. The lowest BCUT2D eigenvalue weighted by Gasteiger charge is -2.16. The lowest BCUT2D eigenvalue weighted by atomic mass is 9.97. The number of rotatable bonds is 7. The van der Waals surface area contributed by atoms with Crippen molar-refractivity contribution in [2.45, 2.75) is 50.0 Å². The number of amides is 1. The van der Waals surface area contributed by atoms with Gasteiger partial charge >= 0.3 is 0 Å². The minimum atomic E-state index is -3.76. The number of nitrogens with one attached hydrogen (secondary N) is 2. The number of allylic oxidation sites excluding steroid dienone is 1. The van der Waals surface area contributed by atoms with E-state index in [0.29, 0.717) is 6.54 Å². The Balaban J connectivity index is 1.58. The standard InChI is InChI=1S/C21H26N2O3S/c1-16(21(24)22-14-13-17-7-3-2-4-8-17)23-27(25,26)20-12-11-18-9-5-6-10-19(18)15-20/h5-7,9-12,15-16,23H,2-4,8,13-14H2,1H3,(H,22,24)/t16-/m0/s1. The fourth-order valence-electron chi connectivity index (χ4n) is 3.32. The molecule has 5 nitrogen and oxygen atoms in total. The molecule has 3 rings (SSSR count). The van der Waals surface area contributed by atoms with Gasteiger partial charge in [-0.25, -0.2) is 8.42 Å². The maximum absolute atomic E-state index is 12.6. The van der Waals surface area contributed by atoms with Gasteiger partial charge in [-0.3, -0.25) is 4.79 Å². The van der Waals surface area contributed by atoms with Crippen molar-refractivity contribution in [3.8, 4) is 0 Å². The van der Waals surface area contributed by atoms with E-state index in [1.54, 1.807) is 25.1 Å². The van der Waals surface area contributed by atoms with Crippen LogP contribution in [0.2, 0.25) is 0 Å². The molecule has 2 aromatic carbocycles. The molecule has 1 aliphatic rings. The first kappa shape index (κ1) is 19.6. The van der Waals surface area contributed by atoms with Crippen molar-refractivity contribution < 1.29 is 13.2 Å². The van der Waals surface area contributed by atoms with E-state index in [2.05, 4.69) is 16.1 Å². The van der Waals surface area contributed by atoms with Crippen LogP contribution in [-0.4, -0.2) is 26.9 Å². The number of fused-ring (bicyclic) bond motifs is 1. The molecule has 0 saturated heterocycles. The van der Waals surface area contributed by atoms with Crippen LogP contribution in [-0.2, 0) is 14.8 Å². The van der Waals surface area contributed by atoms with E-state index in [1.807, 2.05) is 24.3 Å². The first-order valence-electron chi connectivity index (χ1n) is 9.42. The van der Waals surface area contributed by atoms with Crippen LogP contribution >= 0.6 is 0 Å². The first-order chi connectivity index (χ1) is 13.0. The van der Waals surface area contributed by atoms with Crippen molar-refractivity contribution >= 4 is 26.7 Å².